The molecular weight excluding hydrogens is 376 g/mol. The lowest BCUT2D eigenvalue weighted by Crippen LogP contribution is -2.17. The molecule has 0 radical (unpaired) electrons. The standard InChI is InChI=1S/C13H7F3O2.C8H13FO.H2/c14-8-1-4-10(5-2-8)18-13(17)11-6-3-9(15)7-12(11)16;1-6-2-4-7(5-3-6)8(9)10;/h1-7H;6-7H,2-5H2,1H3;1H. The van der Waals surface area contributed by atoms with Crippen LogP contribution >= 0.6 is 0 Å². The van der Waals surface area contributed by atoms with Crippen LogP contribution in [0, 0.1) is 29.3 Å². The third kappa shape index (κ3) is 6.48. The van der Waals surface area contributed by atoms with Crippen LogP contribution in [0.5, 0.6) is 5.75 Å². The van der Waals surface area contributed by atoms with E-state index in [0.29, 0.717) is 12.0 Å². The van der Waals surface area contributed by atoms with Gasteiger partial charge in [0.15, 0.2) is 0 Å². The van der Waals surface area contributed by atoms with Crippen molar-refractivity contribution in [3.63, 3.8) is 0 Å². The number of esters is 1. The van der Waals surface area contributed by atoms with Gasteiger partial charge in [0.1, 0.15) is 23.2 Å². The van der Waals surface area contributed by atoms with Crippen molar-refractivity contribution in [2.24, 2.45) is 11.8 Å². The van der Waals surface area contributed by atoms with Crippen molar-refractivity contribution in [1.82, 2.24) is 0 Å². The van der Waals surface area contributed by atoms with Gasteiger partial charge in [-0.3, -0.25) is 4.79 Å². The molecule has 0 heterocycles. The first kappa shape index (κ1) is 21.6. The third-order valence-corrected chi connectivity index (χ3v) is 4.51. The predicted octanol–water partition coefficient (Wildman–Crippen LogP) is 5.88. The van der Waals surface area contributed by atoms with Gasteiger partial charge in [-0.15, -0.1) is 0 Å². The molecule has 1 aliphatic carbocycles. The van der Waals surface area contributed by atoms with E-state index in [2.05, 4.69) is 6.92 Å². The second-order valence-electron chi connectivity index (χ2n) is 6.73. The summed E-state index contributed by atoms with van der Waals surface area (Å²) in [6.07, 6.45) is 3.55. The van der Waals surface area contributed by atoms with Crippen LogP contribution < -0.4 is 4.74 Å². The number of hydrogen-bond acceptors (Lipinski definition) is 3. The van der Waals surface area contributed by atoms with Gasteiger partial charge in [0, 0.05) is 13.4 Å². The molecule has 0 atom stereocenters. The average Bonchev–Trinajstić information content (AvgIpc) is 2.64. The third-order valence-electron chi connectivity index (χ3n) is 4.51. The normalized spacial score (nSPS) is 18.6. The minimum Gasteiger partial charge on any atom is -0.423 e. The molecule has 0 aromatic heterocycles. The van der Waals surface area contributed by atoms with Gasteiger partial charge in [-0.1, -0.05) is 6.92 Å². The maximum absolute atomic E-state index is 13.3. The highest BCUT2D eigenvalue weighted by Gasteiger charge is 2.23. The summed E-state index contributed by atoms with van der Waals surface area (Å²) < 4.78 is 55.4. The predicted molar refractivity (Wildman–Crippen MR) is 97.1 cm³/mol. The molecule has 1 aliphatic rings. The highest BCUT2D eigenvalue weighted by molar-refractivity contribution is 5.91. The van der Waals surface area contributed by atoms with Gasteiger partial charge in [0.05, 0.1) is 5.56 Å². The molecule has 0 spiro atoms. The monoisotopic (exact) mass is 398 g/mol. The molecule has 0 unspecified atom stereocenters. The van der Waals surface area contributed by atoms with Crippen molar-refractivity contribution >= 4 is 12.0 Å². The molecule has 28 heavy (non-hydrogen) atoms. The van der Waals surface area contributed by atoms with E-state index < -0.39 is 29.5 Å². The minimum absolute atomic E-state index is 0. The number of halogens is 4. The van der Waals surface area contributed by atoms with Gasteiger partial charge in [-0.2, -0.15) is 4.39 Å². The van der Waals surface area contributed by atoms with E-state index >= 15 is 0 Å². The first-order valence-electron chi connectivity index (χ1n) is 8.88. The number of benzene rings is 2. The first-order chi connectivity index (χ1) is 13.3. The Hall–Kier alpha value is -2.70. The summed E-state index contributed by atoms with van der Waals surface area (Å²) in [5.41, 5.74) is -0.388. The fraction of sp³-hybridized carbons (Fsp3) is 0.333. The summed E-state index contributed by atoms with van der Waals surface area (Å²) in [7, 11) is 0. The van der Waals surface area contributed by atoms with Crippen LogP contribution in [0.4, 0.5) is 17.6 Å². The van der Waals surface area contributed by atoms with Crippen molar-refractivity contribution in [2.75, 3.05) is 0 Å². The van der Waals surface area contributed by atoms with E-state index in [1.807, 2.05) is 0 Å². The fourth-order valence-electron chi connectivity index (χ4n) is 2.81. The molecule has 0 saturated heterocycles. The van der Waals surface area contributed by atoms with Gasteiger partial charge in [0.25, 0.3) is 0 Å². The van der Waals surface area contributed by atoms with E-state index in [-0.39, 0.29) is 18.7 Å². The molecule has 3 rings (SSSR count). The second kappa shape index (κ2) is 10.0. The average molecular weight is 398 g/mol. The van der Waals surface area contributed by atoms with E-state index in [1.165, 1.54) is 12.1 Å². The zero-order valence-corrected chi connectivity index (χ0v) is 15.3. The fourth-order valence-corrected chi connectivity index (χ4v) is 2.81. The highest BCUT2D eigenvalue weighted by Crippen LogP contribution is 2.28. The van der Waals surface area contributed by atoms with Crippen LogP contribution in [0.1, 0.15) is 44.4 Å². The molecule has 7 heteroatoms. The van der Waals surface area contributed by atoms with Gasteiger partial charge in [-0.25, -0.2) is 18.0 Å². The van der Waals surface area contributed by atoms with Crippen molar-refractivity contribution in [3.05, 3.63) is 65.5 Å². The van der Waals surface area contributed by atoms with Crippen molar-refractivity contribution in [3.8, 4) is 5.75 Å². The summed E-state index contributed by atoms with van der Waals surface area (Å²) in [5.74, 6) is -2.76. The zero-order valence-electron chi connectivity index (χ0n) is 15.3. The Bertz CT molecular complexity index is 819. The number of carbonyl (C=O) groups excluding carboxylic acids is 2. The summed E-state index contributed by atoms with van der Waals surface area (Å²) in [6, 6.07) is 6.07. The molecule has 0 bridgehead atoms. The molecule has 2 aromatic carbocycles. The Balaban J connectivity index is 0.000000327. The van der Waals surface area contributed by atoms with Crippen LogP contribution in [0.2, 0.25) is 0 Å². The molecule has 0 aliphatic heterocycles. The topological polar surface area (TPSA) is 43.4 Å². The van der Waals surface area contributed by atoms with Gasteiger partial charge in [0.2, 0.25) is 0 Å². The van der Waals surface area contributed by atoms with E-state index in [4.69, 9.17) is 4.74 Å². The second-order valence-corrected chi connectivity index (χ2v) is 6.73. The Morgan fingerprint density at radius 2 is 1.50 bits per heavy atom. The number of carbonyl (C=O) groups is 2. The van der Waals surface area contributed by atoms with Crippen molar-refractivity contribution in [2.45, 2.75) is 32.6 Å². The molecule has 0 amide bonds. The number of ether oxygens (including phenoxy) is 1. The first-order valence-corrected chi connectivity index (χ1v) is 8.88. The molecule has 152 valence electrons. The van der Waals surface area contributed by atoms with E-state index in [0.717, 1.165) is 49.9 Å². The number of hydrogen-bond donors (Lipinski definition) is 0. The van der Waals surface area contributed by atoms with Crippen LogP contribution in [0.3, 0.4) is 0 Å². The Morgan fingerprint density at radius 3 is 2.04 bits per heavy atom. The summed E-state index contributed by atoms with van der Waals surface area (Å²) in [6.45, 7) is 2.15. The lowest BCUT2D eigenvalue weighted by atomic mass is 9.83. The maximum atomic E-state index is 13.3. The Kier molecular flexibility index (Phi) is 7.72. The SMILES string of the molecule is CC1CCC(C(=O)F)CC1.O=C(Oc1ccc(F)cc1)c1ccc(F)cc1F.[HH]. The Morgan fingerprint density at radius 1 is 0.929 bits per heavy atom. The quantitative estimate of drug-likeness (QED) is 0.281. The minimum atomic E-state index is -1.10. The van der Waals surface area contributed by atoms with Crippen LogP contribution in [0.25, 0.3) is 0 Å². The van der Waals surface area contributed by atoms with Crippen LogP contribution in [-0.4, -0.2) is 12.0 Å². The molecule has 1 fully saturated rings. The summed E-state index contributed by atoms with van der Waals surface area (Å²) in [4.78, 5) is 21.8. The van der Waals surface area contributed by atoms with Gasteiger partial charge < -0.3 is 4.74 Å². The van der Waals surface area contributed by atoms with Gasteiger partial charge in [-0.05, 0) is 68.0 Å². The molecule has 3 nitrogen and oxygen atoms in total. The smallest absolute Gasteiger partial charge is 0.346 e. The van der Waals surface area contributed by atoms with E-state index in [9.17, 15) is 27.2 Å². The lowest BCUT2D eigenvalue weighted by Gasteiger charge is -2.22. The summed E-state index contributed by atoms with van der Waals surface area (Å²) >= 11 is 0. The molecule has 2 aromatic rings. The van der Waals surface area contributed by atoms with Gasteiger partial charge >= 0.3 is 12.0 Å². The number of rotatable bonds is 3. The van der Waals surface area contributed by atoms with E-state index in [1.54, 1.807) is 0 Å². The molecular formula is C21H22F4O3. The Labute approximate surface area is 161 Å². The van der Waals surface area contributed by atoms with Crippen molar-refractivity contribution in [1.29, 1.82) is 0 Å². The highest BCUT2D eigenvalue weighted by atomic mass is 19.1. The lowest BCUT2D eigenvalue weighted by molar-refractivity contribution is -0.134. The zero-order chi connectivity index (χ0) is 20.7. The molecule has 0 N–H and O–H groups in total. The largest absolute Gasteiger partial charge is 0.423 e. The molecule has 1 saturated carbocycles. The van der Waals surface area contributed by atoms with Crippen LogP contribution in [0.15, 0.2) is 42.5 Å². The van der Waals surface area contributed by atoms with Crippen LogP contribution in [-0.2, 0) is 4.79 Å². The summed E-state index contributed by atoms with van der Waals surface area (Å²) in [5, 5.41) is 0. The maximum Gasteiger partial charge on any atom is 0.346 e. The van der Waals surface area contributed by atoms with Crippen molar-refractivity contribution < 1.29 is 33.3 Å².